The first-order valence-corrected chi connectivity index (χ1v) is 15.5. The SMILES string of the molecule is O=C(CN1C(=O)[C@@H](NC(=O)c2ccccc2)COc2ccccc21)N[C@@H](C[C@@H]1CCNC1=O)C(=O)COC(=O)c1c(Cl)cccc1Cl. The summed E-state index contributed by atoms with van der Waals surface area (Å²) in [5, 5.41) is 8.05. The second-order valence-electron chi connectivity index (χ2n) is 10.9. The molecular weight excluding hydrogens is 651 g/mol. The Morgan fingerprint density at radius 1 is 0.957 bits per heavy atom. The number of amides is 4. The van der Waals surface area contributed by atoms with Gasteiger partial charge in [0.15, 0.2) is 12.4 Å². The number of hydrogen-bond donors (Lipinski definition) is 3. The van der Waals surface area contributed by atoms with E-state index in [9.17, 15) is 28.8 Å². The number of halogens is 2. The molecule has 3 N–H and O–H groups in total. The molecule has 0 radical (unpaired) electrons. The third-order valence-corrected chi connectivity index (χ3v) is 8.32. The van der Waals surface area contributed by atoms with E-state index < -0.39 is 60.6 Å². The maximum atomic E-state index is 13.8. The van der Waals surface area contributed by atoms with Crippen LogP contribution in [-0.4, -0.2) is 73.8 Å². The fraction of sp³-hybridized carbons (Fsp3) is 0.273. The van der Waals surface area contributed by atoms with Gasteiger partial charge in [-0.3, -0.25) is 28.9 Å². The minimum Gasteiger partial charge on any atom is -0.489 e. The number of Topliss-reactive ketones (excluding diaryl/α,β-unsaturated/α-hetero) is 1. The minimum absolute atomic E-state index is 0.0343. The molecule has 3 atom stereocenters. The van der Waals surface area contributed by atoms with Crippen molar-refractivity contribution in [3.63, 3.8) is 0 Å². The molecule has 0 aromatic heterocycles. The number of hydrogen-bond acceptors (Lipinski definition) is 8. The molecule has 0 bridgehead atoms. The van der Waals surface area contributed by atoms with Crippen LogP contribution in [0.3, 0.4) is 0 Å². The predicted octanol–water partition coefficient (Wildman–Crippen LogP) is 2.95. The summed E-state index contributed by atoms with van der Waals surface area (Å²) in [4.78, 5) is 79.8. The summed E-state index contributed by atoms with van der Waals surface area (Å²) in [7, 11) is 0. The lowest BCUT2D eigenvalue weighted by Crippen LogP contribution is -2.54. The number of anilines is 1. The van der Waals surface area contributed by atoms with Gasteiger partial charge in [0, 0.05) is 18.0 Å². The van der Waals surface area contributed by atoms with Crippen LogP contribution in [0.5, 0.6) is 5.75 Å². The van der Waals surface area contributed by atoms with Crippen LogP contribution in [0.2, 0.25) is 10.0 Å². The monoisotopic (exact) mass is 680 g/mol. The van der Waals surface area contributed by atoms with E-state index in [-0.39, 0.29) is 40.2 Å². The first-order chi connectivity index (χ1) is 22.6. The standard InChI is InChI=1S/C33H30Cl2N4O8/c34-21-9-6-10-22(35)29(21)33(45)47-18-26(40)23(15-20-13-14-36-30(20)42)37-28(41)16-39-25-11-4-5-12-27(25)46-17-24(32(39)44)38-31(43)19-7-2-1-3-8-19/h1-12,20,23-24H,13-18H2,(H,36,42)(H,37,41)(H,38,43)/t20-,23-,24-/m0/s1. The van der Waals surface area contributed by atoms with Crippen molar-refractivity contribution in [1.82, 2.24) is 16.0 Å². The van der Waals surface area contributed by atoms with Gasteiger partial charge in [0.05, 0.1) is 27.3 Å². The molecule has 244 valence electrons. The van der Waals surface area contributed by atoms with Crippen molar-refractivity contribution in [2.45, 2.75) is 24.9 Å². The van der Waals surface area contributed by atoms with Gasteiger partial charge in [-0.25, -0.2) is 4.79 Å². The number of para-hydroxylation sites is 2. The van der Waals surface area contributed by atoms with E-state index in [1.807, 2.05) is 0 Å². The van der Waals surface area contributed by atoms with Gasteiger partial charge in [-0.1, -0.05) is 59.6 Å². The molecule has 2 heterocycles. The van der Waals surface area contributed by atoms with Gasteiger partial charge >= 0.3 is 5.97 Å². The molecule has 0 saturated carbocycles. The smallest absolute Gasteiger partial charge is 0.341 e. The Labute approximate surface area is 279 Å². The minimum atomic E-state index is -1.24. The van der Waals surface area contributed by atoms with Crippen molar-refractivity contribution in [2.24, 2.45) is 5.92 Å². The highest BCUT2D eigenvalue weighted by atomic mass is 35.5. The molecule has 4 amide bonds. The number of nitrogens with zero attached hydrogens (tertiary/aromatic N) is 1. The van der Waals surface area contributed by atoms with Crippen molar-refractivity contribution in [3.8, 4) is 5.75 Å². The van der Waals surface area contributed by atoms with E-state index in [0.29, 0.717) is 24.3 Å². The van der Waals surface area contributed by atoms with E-state index >= 15 is 0 Å². The van der Waals surface area contributed by atoms with Crippen molar-refractivity contribution in [3.05, 3.63) is 94.0 Å². The van der Waals surface area contributed by atoms with Gasteiger partial charge in [0.2, 0.25) is 11.8 Å². The van der Waals surface area contributed by atoms with Crippen LogP contribution in [0.25, 0.3) is 0 Å². The topological polar surface area (TPSA) is 160 Å². The molecule has 14 heteroatoms. The highest BCUT2D eigenvalue weighted by Gasteiger charge is 2.36. The van der Waals surface area contributed by atoms with E-state index in [1.54, 1.807) is 60.7 Å². The summed E-state index contributed by atoms with van der Waals surface area (Å²) in [5.41, 5.74) is 0.503. The number of ketones is 1. The van der Waals surface area contributed by atoms with E-state index in [2.05, 4.69) is 16.0 Å². The molecule has 2 aliphatic heterocycles. The second kappa shape index (κ2) is 15.1. The van der Waals surface area contributed by atoms with Gasteiger partial charge in [-0.05, 0) is 49.2 Å². The number of benzene rings is 3. The van der Waals surface area contributed by atoms with Crippen LogP contribution in [0.15, 0.2) is 72.8 Å². The zero-order valence-electron chi connectivity index (χ0n) is 24.9. The lowest BCUT2D eigenvalue weighted by Gasteiger charge is -2.26. The summed E-state index contributed by atoms with van der Waals surface area (Å²) in [6, 6.07) is 16.9. The second-order valence-corrected chi connectivity index (χ2v) is 11.7. The number of nitrogens with one attached hydrogen (secondary N) is 3. The molecule has 1 fully saturated rings. The Morgan fingerprint density at radius 3 is 2.36 bits per heavy atom. The molecule has 3 aromatic carbocycles. The van der Waals surface area contributed by atoms with Crippen LogP contribution in [0, 0.1) is 5.92 Å². The molecular formula is C33H30Cl2N4O8. The Hall–Kier alpha value is -4.94. The average molecular weight is 682 g/mol. The zero-order chi connectivity index (χ0) is 33.5. The van der Waals surface area contributed by atoms with E-state index in [1.165, 1.54) is 12.1 Å². The Kier molecular flexibility index (Phi) is 10.7. The molecule has 0 aliphatic carbocycles. The summed E-state index contributed by atoms with van der Waals surface area (Å²) >= 11 is 12.2. The Balaban J connectivity index is 1.32. The average Bonchev–Trinajstić information content (AvgIpc) is 3.42. The van der Waals surface area contributed by atoms with Crippen LogP contribution in [-0.2, 0) is 23.9 Å². The normalized spacial score (nSPS) is 17.8. The van der Waals surface area contributed by atoms with Crippen molar-refractivity contribution < 1.29 is 38.2 Å². The molecule has 0 unspecified atom stereocenters. The first kappa shape index (κ1) is 33.4. The van der Waals surface area contributed by atoms with Gasteiger partial charge in [0.1, 0.15) is 24.9 Å². The van der Waals surface area contributed by atoms with E-state index in [4.69, 9.17) is 32.7 Å². The molecule has 2 aliphatic rings. The zero-order valence-corrected chi connectivity index (χ0v) is 26.4. The van der Waals surface area contributed by atoms with Crippen LogP contribution in [0.1, 0.15) is 33.6 Å². The van der Waals surface area contributed by atoms with Gasteiger partial charge in [0.25, 0.3) is 11.8 Å². The number of rotatable bonds is 11. The summed E-state index contributed by atoms with van der Waals surface area (Å²) in [6.45, 7) is -1.07. The number of carbonyl (C=O) groups excluding carboxylic acids is 6. The molecule has 5 rings (SSSR count). The van der Waals surface area contributed by atoms with Crippen molar-refractivity contribution in [2.75, 3.05) is 31.2 Å². The Morgan fingerprint density at radius 2 is 1.66 bits per heavy atom. The van der Waals surface area contributed by atoms with Crippen LogP contribution < -0.4 is 25.6 Å². The lowest BCUT2D eigenvalue weighted by molar-refractivity contribution is -0.130. The highest BCUT2D eigenvalue weighted by Crippen LogP contribution is 2.31. The largest absolute Gasteiger partial charge is 0.489 e. The number of ether oxygens (including phenoxy) is 2. The first-order valence-electron chi connectivity index (χ1n) is 14.7. The van der Waals surface area contributed by atoms with Gasteiger partial charge in [-0.15, -0.1) is 0 Å². The number of fused-ring (bicyclic) bond motifs is 1. The predicted molar refractivity (Wildman–Crippen MR) is 171 cm³/mol. The number of carbonyl (C=O) groups is 6. The quantitative estimate of drug-likeness (QED) is 0.261. The van der Waals surface area contributed by atoms with Crippen molar-refractivity contribution >= 4 is 64.3 Å². The molecule has 3 aromatic rings. The third-order valence-electron chi connectivity index (χ3n) is 7.69. The fourth-order valence-corrected chi connectivity index (χ4v) is 5.81. The van der Waals surface area contributed by atoms with Crippen molar-refractivity contribution in [1.29, 1.82) is 0 Å². The fourth-order valence-electron chi connectivity index (χ4n) is 5.26. The molecule has 0 spiro atoms. The lowest BCUT2D eigenvalue weighted by atomic mass is 9.96. The maximum absolute atomic E-state index is 13.8. The third kappa shape index (κ3) is 8.08. The molecule has 1 saturated heterocycles. The summed E-state index contributed by atoms with van der Waals surface area (Å²) in [5.74, 6) is -4.02. The number of esters is 1. The summed E-state index contributed by atoms with van der Waals surface area (Å²) in [6.07, 6.45) is 0.371. The summed E-state index contributed by atoms with van der Waals surface area (Å²) < 4.78 is 11.0. The Bertz CT molecular complexity index is 1680. The highest BCUT2D eigenvalue weighted by molar-refractivity contribution is 6.39. The van der Waals surface area contributed by atoms with Gasteiger partial charge < -0.3 is 25.4 Å². The van der Waals surface area contributed by atoms with Gasteiger partial charge in [-0.2, -0.15) is 0 Å². The maximum Gasteiger partial charge on any atom is 0.341 e. The van der Waals surface area contributed by atoms with Crippen LogP contribution in [0.4, 0.5) is 5.69 Å². The van der Waals surface area contributed by atoms with E-state index in [0.717, 1.165) is 4.90 Å². The van der Waals surface area contributed by atoms with Crippen LogP contribution >= 0.6 is 23.2 Å². The molecule has 47 heavy (non-hydrogen) atoms. The molecule has 12 nitrogen and oxygen atoms in total.